The van der Waals surface area contributed by atoms with Gasteiger partial charge in [0.2, 0.25) is 0 Å². The molecule has 0 saturated carbocycles. The van der Waals surface area contributed by atoms with E-state index in [4.69, 9.17) is 17.2 Å². The Morgan fingerprint density at radius 3 is 2.27 bits per heavy atom. The Balaban J connectivity index is 0.000000921. The first-order chi connectivity index (χ1) is 7.00. The average molecular weight is 277 g/mol. The van der Waals surface area contributed by atoms with Crippen molar-refractivity contribution in [3.63, 3.8) is 0 Å². The number of halogens is 2. The van der Waals surface area contributed by atoms with Crippen LogP contribution in [0.5, 0.6) is 0 Å². The van der Waals surface area contributed by atoms with Crippen LogP contribution in [0.2, 0.25) is 0 Å². The Kier molecular flexibility index (Phi) is 5.69. The quantitative estimate of drug-likeness (QED) is 0.417. The van der Waals surface area contributed by atoms with Gasteiger partial charge in [-0.1, -0.05) is 29.8 Å². The lowest BCUT2D eigenvalue weighted by Crippen LogP contribution is -2.22. The van der Waals surface area contributed by atoms with Crippen molar-refractivity contribution in [1.29, 1.82) is 0 Å². The molecule has 1 aromatic rings. The van der Waals surface area contributed by atoms with Gasteiger partial charge in [0.25, 0.3) is 0 Å². The van der Waals surface area contributed by atoms with Crippen molar-refractivity contribution in [3.05, 3.63) is 22.4 Å². The molecule has 1 aromatic carbocycles. The van der Waals surface area contributed by atoms with Crippen LogP contribution in [0.15, 0.2) is 21.6 Å². The lowest BCUT2D eigenvalue weighted by atomic mass is 10.2. The second-order valence-corrected chi connectivity index (χ2v) is 3.28. The van der Waals surface area contributed by atoms with E-state index in [2.05, 4.69) is 20.9 Å². The summed E-state index contributed by atoms with van der Waals surface area (Å²) in [6, 6.07) is 2.75. The fourth-order valence-electron chi connectivity index (χ4n) is 0.833. The van der Waals surface area contributed by atoms with Crippen molar-refractivity contribution >= 4 is 33.3 Å². The molecule has 0 spiro atoms. The number of hydrogen-bond acceptors (Lipinski definition) is 2. The summed E-state index contributed by atoms with van der Waals surface area (Å²) in [5.41, 5.74) is 15.8. The van der Waals surface area contributed by atoms with Gasteiger partial charge in [0.05, 0.1) is 5.69 Å². The molecular formula is C9H14BrFN4. The molecule has 0 unspecified atom stereocenters. The maximum Gasteiger partial charge on any atom is 0.191 e. The molecule has 0 radical (unpaired) electrons. The van der Waals surface area contributed by atoms with Gasteiger partial charge in [-0.05, 0) is 12.1 Å². The van der Waals surface area contributed by atoms with Crippen LogP contribution in [0.25, 0.3) is 0 Å². The van der Waals surface area contributed by atoms with E-state index in [1.165, 1.54) is 12.1 Å². The SMILES string of the molecule is CC.NC(N)=Nc1c(N)cc(Br)cc1F. The van der Waals surface area contributed by atoms with Gasteiger partial charge in [0, 0.05) is 4.47 Å². The normalized spacial score (nSPS) is 8.80. The van der Waals surface area contributed by atoms with Crippen molar-refractivity contribution in [2.75, 3.05) is 5.73 Å². The molecular weight excluding hydrogens is 263 g/mol. The Bertz CT molecular complexity index is 338. The maximum atomic E-state index is 13.1. The summed E-state index contributed by atoms with van der Waals surface area (Å²) in [4.78, 5) is 3.55. The molecule has 0 heterocycles. The van der Waals surface area contributed by atoms with Crippen LogP contribution < -0.4 is 17.2 Å². The van der Waals surface area contributed by atoms with Crippen LogP contribution in [0.4, 0.5) is 15.8 Å². The van der Waals surface area contributed by atoms with Gasteiger partial charge >= 0.3 is 0 Å². The maximum absolute atomic E-state index is 13.1. The number of aliphatic imine (C=N–C) groups is 1. The number of hydrogen-bond donors (Lipinski definition) is 3. The fraction of sp³-hybridized carbons (Fsp3) is 0.222. The Morgan fingerprint density at radius 1 is 1.33 bits per heavy atom. The predicted octanol–water partition coefficient (Wildman–Crippen LogP) is 2.10. The monoisotopic (exact) mass is 276 g/mol. The van der Waals surface area contributed by atoms with E-state index in [-0.39, 0.29) is 17.3 Å². The first-order valence-electron chi connectivity index (χ1n) is 4.35. The summed E-state index contributed by atoms with van der Waals surface area (Å²) in [6.45, 7) is 4.00. The number of anilines is 1. The predicted molar refractivity (Wildman–Crippen MR) is 65.3 cm³/mol. The third kappa shape index (κ3) is 4.16. The van der Waals surface area contributed by atoms with Crippen LogP contribution in [-0.2, 0) is 0 Å². The minimum Gasteiger partial charge on any atom is -0.397 e. The smallest absolute Gasteiger partial charge is 0.191 e. The lowest BCUT2D eigenvalue weighted by Gasteiger charge is -2.02. The Labute approximate surface area is 96.5 Å². The minimum absolute atomic E-state index is 0.0387. The fourth-order valence-corrected chi connectivity index (χ4v) is 1.28. The van der Waals surface area contributed by atoms with Gasteiger partial charge in [-0.3, -0.25) is 0 Å². The zero-order valence-corrected chi connectivity index (χ0v) is 10.2. The number of nitrogens with two attached hydrogens (primary N) is 3. The van der Waals surface area contributed by atoms with Crippen LogP contribution in [0.3, 0.4) is 0 Å². The molecule has 0 bridgehead atoms. The van der Waals surface area contributed by atoms with E-state index in [9.17, 15) is 4.39 Å². The third-order valence-corrected chi connectivity index (χ3v) is 1.76. The zero-order valence-electron chi connectivity index (χ0n) is 8.59. The molecule has 6 heteroatoms. The van der Waals surface area contributed by atoms with Crippen LogP contribution in [-0.4, -0.2) is 5.96 Å². The van der Waals surface area contributed by atoms with Crippen LogP contribution in [0, 0.1) is 5.82 Å². The first-order valence-corrected chi connectivity index (χ1v) is 5.14. The highest BCUT2D eigenvalue weighted by Gasteiger charge is 2.06. The minimum atomic E-state index is -0.569. The van der Waals surface area contributed by atoms with E-state index < -0.39 is 5.82 Å². The summed E-state index contributed by atoms with van der Waals surface area (Å²) in [7, 11) is 0. The number of nitrogen functional groups attached to an aromatic ring is 1. The van der Waals surface area contributed by atoms with Crippen molar-refractivity contribution in [1.82, 2.24) is 0 Å². The van der Waals surface area contributed by atoms with Crippen LogP contribution >= 0.6 is 15.9 Å². The second kappa shape index (κ2) is 6.23. The largest absolute Gasteiger partial charge is 0.397 e. The van der Waals surface area contributed by atoms with Gasteiger partial charge in [0.15, 0.2) is 11.8 Å². The van der Waals surface area contributed by atoms with E-state index in [1.807, 2.05) is 13.8 Å². The lowest BCUT2D eigenvalue weighted by molar-refractivity contribution is 0.629. The number of benzene rings is 1. The summed E-state index contributed by atoms with van der Waals surface area (Å²) < 4.78 is 13.7. The van der Waals surface area contributed by atoms with Gasteiger partial charge in [-0.15, -0.1) is 0 Å². The molecule has 0 aliphatic heterocycles. The Morgan fingerprint density at radius 2 is 1.87 bits per heavy atom. The Hall–Kier alpha value is -1.30. The van der Waals surface area contributed by atoms with E-state index >= 15 is 0 Å². The topological polar surface area (TPSA) is 90.4 Å². The molecule has 84 valence electrons. The van der Waals surface area contributed by atoms with Crippen molar-refractivity contribution in [2.24, 2.45) is 16.5 Å². The van der Waals surface area contributed by atoms with Gasteiger partial charge in [-0.25, -0.2) is 9.38 Å². The molecule has 0 amide bonds. The molecule has 6 N–H and O–H groups in total. The van der Waals surface area contributed by atoms with Crippen molar-refractivity contribution in [3.8, 4) is 0 Å². The second-order valence-electron chi connectivity index (χ2n) is 2.36. The molecule has 15 heavy (non-hydrogen) atoms. The summed E-state index contributed by atoms with van der Waals surface area (Å²) in [5.74, 6) is -0.798. The molecule has 0 saturated heterocycles. The van der Waals surface area contributed by atoms with E-state index in [0.29, 0.717) is 4.47 Å². The molecule has 0 aliphatic rings. The number of rotatable bonds is 1. The molecule has 0 atom stereocenters. The van der Waals surface area contributed by atoms with E-state index in [1.54, 1.807) is 0 Å². The first kappa shape index (κ1) is 13.7. The highest BCUT2D eigenvalue weighted by atomic mass is 79.9. The zero-order chi connectivity index (χ0) is 12.0. The molecule has 4 nitrogen and oxygen atoms in total. The van der Waals surface area contributed by atoms with Gasteiger partial charge < -0.3 is 17.2 Å². The molecule has 0 aliphatic carbocycles. The molecule has 0 fully saturated rings. The molecule has 0 aromatic heterocycles. The van der Waals surface area contributed by atoms with Gasteiger partial charge in [-0.2, -0.15) is 0 Å². The third-order valence-electron chi connectivity index (χ3n) is 1.30. The van der Waals surface area contributed by atoms with Gasteiger partial charge in [0.1, 0.15) is 5.69 Å². The highest BCUT2D eigenvalue weighted by molar-refractivity contribution is 9.10. The number of guanidine groups is 1. The molecule has 1 rings (SSSR count). The number of nitrogens with zero attached hydrogens (tertiary/aromatic N) is 1. The summed E-state index contributed by atoms with van der Waals surface area (Å²) in [6.07, 6.45) is 0. The average Bonchev–Trinajstić information content (AvgIpc) is 2.14. The van der Waals surface area contributed by atoms with Crippen molar-refractivity contribution < 1.29 is 4.39 Å². The highest BCUT2D eigenvalue weighted by Crippen LogP contribution is 2.29. The summed E-state index contributed by atoms with van der Waals surface area (Å²) >= 11 is 3.08. The summed E-state index contributed by atoms with van der Waals surface area (Å²) in [5, 5.41) is 0. The van der Waals surface area contributed by atoms with Crippen LogP contribution in [0.1, 0.15) is 13.8 Å². The standard InChI is InChI=1S/C7H8BrFN4.C2H6/c8-3-1-4(9)6(5(10)2-3)13-7(11)12;1-2/h1-2H,10H2,(H4,11,12,13);1-2H3. The van der Waals surface area contributed by atoms with Crippen molar-refractivity contribution in [2.45, 2.75) is 13.8 Å². The van der Waals surface area contributed by atoms with E-state index in [0.717, 1.165) is 0 Å².